The van der Waals surface area contributed by atoms with Gasteiger partial charge in [0, 0.05) is 44.3 Å². The highest BCUT2D eigenvalue weighted by Crippen LogP contribution is 2.14. The topological polar surface area (TPSA) is 61.4 Å². The van der Waals surface area contributed by atoms with E-state index in [0.29, 0.717) is 12.2 Å². The van der Waals surface area contributed by atoms with Gasteiger partial charge in [0.25, 0.3) is 5.91 Å². The monoisotopic (exact) mass is 361 g/mol. The lowest BCUT2D eigenvalue weighted by molar-refractivity contribution is 0.0946. The van der Waals surface area contributed by atoms with Crippen LogP contribution in [0.25, 0.3) is 10.9 Å². The number of nitrogens with zero attached hydrogens (tertiary/aromatic N) is 4. The summed E-state index contributed by atoms with van der Waals surface area (Å²) in [5.41, 5.74) is 2.22. The summed E-state index contributed by atoms with van der Waals surface area (Å²) in [6.07, 6.45) is 1.84. The summed E-state index contributed by atoms with van der Waals surface area (Å²) in [6, 6.07) is 15.5. The van der Waals surface area contributed by atoms with E-state index in [1.165, 1.54) is 0 Å². The number of aromatic nitrogens is 2. The smallest absolute Gasteiger partial charge is 0.270 e. The Morgan fingerprint density at radius 1 is 1.04 bits per heavy atom. The Hall–Kier alpha value is -2.99. The molecule has 1 aliphatic rings. The molecule has 6 nitrogen and oxygen atoms in total. The number of anilines is 1. The molecule has 1 N–H and O–H groups in total. The van der Waals surface area contributed by atoms with Gasteiger partial charge in [0.15, 0.2) is 0 Å². The number of carbonyl (C=O) groups is 1. The quantitative estimate of drug-likeness (QED) is 0.773. The van der Waals surface area contributed by atoms with E-state index in [4.69, 9.17) is 0 Å². The third-order valence-corrected chi connectivity index (χ3v) is 4.92. The summed E-state index contributed by atoms with van der Waals surface area (Å²) >= 11 is 0. The molecule has 0 atom stereocenters. The molecule has 0 aliphatic carbocycles. The number of benzene rings is 1. The predicted octanol–water partition coefficient (Wildman–Crippen LogP) is 2.31. The molecule has 1 fully saturated rings. The van der Waals surface area contributed by atoms with Crippen molar-refractivity contribution in [3.63, 3.8) is 0 Å². The van der Waals surface area contributed by atoms with Gasteiger partial charge >= 0.3 is 0 Å². The zero-order valence-electron chi connectivity index (χ0n) is 15.4. The molecule has 4 rings (SSSR count). The van der Waals surface area contributed by atoms with Crippen LogP contribution in [-0.4, -0.2) is 54.0 Å². The number of fused-ring (bicyclic) bond motifs is 1. The number of piperazine rings is 1. The highest BCUT2D eigenvalue weighted by atomic mass is 16.1. The zero-order chi connectivity index (χ0) is 18.6. The van der Waals surface area contributed by atoms with Crippen LogP contribution < -0.4 is 10.2 Å². The maximum absolute atomic E-state index is 12.4. The molecule has 0 unspecified atom stereocenters. The Balaban J connectivity index is 1.37. The third kappa shape index (κ3) is 4.06. The van der Waals surface area contributed by atoms with E-state index in [1.54, 1.807) is 6.07 Å². The molecule has 1 aromatic carbocycles. The lowest BCUT2D eigenvalue weighted by Gasteiger charge is -2.33. The molecule has 1 aliphatic heterocycles. The summed E-state index contributed by atoms with van der Waals surface area (Å²) in [5, 5.41) is 3.95. The van der Waals surface area contributed by atoms with Crippen LogP contribution in [-0.2, 0) is 6.54 Å². The fourth-order valence-corrected chi connectivity index (χ4v) is 3.21. The fourth-order valence-electron chi connectivity index (χ4n) is 3.21. The van der Waals surface area contributed by atoms with Gasteiger partial charge in [-0.3, -0.25) is 4.79 Å². The summed E-state index contributed by atoms with van der Waals surface area (Å²) in [7, 11) is 2.14. The van der Waals surface area contributed by atoms with Gasteiger partial charge in [0.05, 0.1) is 5.52 Å². The number of hydrogen-bond donors (Lipinski definition) is 1. The molecule has 27 heavy (non-hydrogen) atoms. The van der Waals surface area contributed by atoms with E-state index in [1.807, 2.05) is 48.7 Å². The Kier molecular flexibility index (Phi) is 4.98. The van der Waals surface area contributed by atoms with Crippen LogP contribution >= 0.6 is 0 Å². The number of hydrogen-bond acceptors (Lipinski definition) is 5. The maximum Gasteiger partial charge on any atom is 0.270 e. The Bertz CT molecular complexity index is 933. The number of carbonyl (C=O) groups excluding carboxylic acids is 1. The minimum absolute atomic E-state index is 0.177. The van der Waals surface area contributed by atoms with Gasteiger partial charge in [0.2, 0.25) is 0 Å². The Morgan fingerprint density at radius 2 is 1.85 bits per heavy atom. The number of nitrogens with one attached hydrogen (secondary N) is 1. The first-order chi connectivity index (χ1) is 13.2. The molecule has 0 spiro atoms. The second kappa shape index (κ2) is 7.72. The van der Waals surface area contributed by atoms with E-state index in [-0.39, 0.29) is 5.91 Å². The van der Waals surface area contributed by atoms with Crippen molar-refractivity contribution in [2.45, 2.75) is 6.54 Å². The van der Waals surface area contributed by atoms with Crippen molar-refractivity contribution in [2.24, 2.45) is 0 Å². The van der Waals surface area contributed by atoms with E-state index in [0.717, 1.165) is 48.5 Å². The van der Waals surface area contributed by atoms with E-state index >= 15 is 0 Å². The summed E-state index contributed by atoms with van der Waals surface area (Å²) in [6.45, 7) is 4.53. The van der Waals surface area contributed by atoms with E-state index in [9.17, 15) is 4.79 Å². The standard InChI is InChI=1S/C21H23N5O/c1-25-10-12-26(13-11-25)20-9-6-16(14-22-20)15-23-21(27)19-8-7-17-4-2-3-5-18(17)24-19/h2-9,14H,10-13,15H2,1H3,(H,23,27). The number of likely N-dealkylation sites (N-methyl/N-ethyl adjacent to an activating group) is 1. The molecule has 3 heterocycles. The molecule has 0 saturated carbocycles. The molecule has 2 aromatic heterocycles. The molecule has 3 aromatic rings. The second-order valence-corrected chi connectivity index (χ2v) is 6.89. The molecule has 0 bridgehead atoms. The van der Waals surface area contributed by atoms with Crippen LogP contribution in [0.2, 0.25) is 0 Å². The van der Waals surface area contributed by atoms with Crippen molar-refractivity contribution in [1.29, 1.82) is 0 Å². The highest BCUT2D eigenvalue weighted by Gasteiger charge is 2.15. The van der Waals surface area contributed by atoms with Gasteiger partial charge < -0.3 is 15.1 Å². The van der Waals surface area contributed by atoms with Crippen LogP contribution in [0.1, 0.15) is 16.1 Å². The van der Waals surface area contributed by atoms with E-state index in [2.05, 4.69) is 32.1 Å². The Morgan fingerprint density at radius 3 is 2.63 bits per heavy atom. The van der Waals surface area contributed by atoms with Crippen molar-refractivity contribution in [2.75, 3.05) is 38.1 Å². The average molecular weight is 361 g/mol. The maximum atomic E-state index is 12.4. The van der Waals surface area contributed by atoms with Gasteiger partial charge in [0.1, 0.15) is 11.5 Å². The molecule has 0 radical (unpaired) electrons. The van der Waals surface area contributed by atoms with Crippen LogP contribution in [0.3, 0.4) is 0 Å². The number of para-hydroxylation sites is 1. The van der Waals surface area contributed by atoms with Crippen molar-refractivity contribution in [1.82, 2.24) is 20.2 Å². The molecule has 138 valence electrons. The highest BCUT2D eigenvalue weighted by molar-refractivity contribution is 5.94. The fraction of sp³-hybridized carbons (Fsp3) is 0.286. The van der Waals surface area contributed by atoms with Gasteiger partial charge in [-0.15, -0.1) is 0 Å². The first-order valence-corrected chi connectivity index (χ1v) is 9.21. The lowest BCUT2D eigenvalue weighted by Crippen LogP contribution is -2.44. The molecule has 6 heteroatoms. The van der Waals surface area contributed by atoms with Gasteiger partial charge in [-0.25, -0.2) is 9.97 Å². The van der Waals surface area contributed by atoms with Gasteiger partial charge in [-0.2, -0.15) is 0 Å². The van der Waals surface area contributed by atoms with Crippen molar-refractivity contribution in [3.05, 3.63) is 66.0 Å². The van der Waals surface area contributed by atoms with Crippen molar-refractivity contribution in [3.8, 4) is 0 Å². The van der Waals surface area contributed by atoms with Crippen LogP contribution in [0.15, 0.2) is 54.7 Å². The largest absolute Gasteiger partial charge is 0.354 e. The van der Waals surface area contributed by atoms with Crippen molar-refractivity contribution < 1.29 is 4.79 Å². The van der Waals surface area contributed by atoms with Crippen LogP contribution in [0.4, 0.5) is 5.82 Å². The van der Waals surface area contributed by atoms with E-state index < -0.39 is 0 Å². The van der Waals surface area contributed by atoms with Gasteiger partial charge in [-0.1, -0.05) is 30.3 Å². The zero-order valence-corrected chi connectivity index (χ0v) is 15.4. The van der Waals surface area contributed by atoms with Crippen molar-refractivity contribution >= 4 is 22.6 Å². The summed E-state index contributed by atoms with van der Waals surface area (Å²) < 4.78 is 0. The minimum Gasteiger partial charge on any atom is -0.354 e. The SMILES string of the molecule is CN1CCN(c2ccc(CNC(=O)c3ccc4ccccc4n3)cn2)CC1. The molecular weight excluding hydrogens is 338 g/mol. The first-order valence-electron chi connectivity index (χ1n) is 9.21. The molecule has 1 amide bonds. The molecule has 1 saturated heterocycles. The van der Waals surface area contributed by atoms with Gasteiger partial charge in [-0.05, 0) is 30.8 Å². The molecular formula is C21H23N5O. The number of rotatable bonds is 4. The first kappa shape index (κ1) is 17.4. The minimum atomic E-state index is -0.177. The average Bonchev–Trinajstić information content (AvgIpc) is 2.72. The second-order valence-electron chi connectivity index (χ2n) is 6.89. The number of pyridine rings is 2. The normalized spacial score (nSPS) is 15.1. The Labute approximate surface area is 158 Å². The van der Waals surface area contributed by atoms with Crippen LogP contribution in [0.5, 0.6) is 0 Å². The third-order valence-electron chi connectivity index (χ3n) is 4.92. The lowest BCUT2D eigenvalue weighted by atomic mass is 10.2. The summed E-state index contributed by atoms with van der Waals surface area (Å²) in [4.78, 5) is 26.0. The summed E-state index contributed by atoms with van der Waals surface area (Å²) in [5.74, 6) is 0.818. The number of amides is 1. The predicted molar refractivity (Wildman–Crippen MR) is 107 cm³/mol. The van der Waals surface area contributed by atoms with Crippen LogP contribution in [0, 0.1) is 0 Å².